The van der Waals surface area contributed by atoms with Crippen molar-refractivity contribution in [3.05, 3.63) is 70.2 Å². The van der Waals surface area contributed by atoms with Crippen molar-refractivity contribution in [2.45, 2.75) is 17.6 Å². The van der Waals surface area contributed by atoms with Crippen LogP contribution in [0, 0.1) is 0 Å². The molecule has 0 radical (unpaired) electrons. The molecule has 36 heavy (non-hydrogen) atoms. The lowest BCUT2D eigenvalue weighted by molar-refractivity contribution is -0.139. The largest absolute Gasteiger partial charge is 0.486 e. The standard InChI is InChI=1S/C22H21ClF3N5O4S/c23-16-4-3-5-17(14-16)31-21(32)20(35-13-7-22(24,25)26)18(15-28-31)29-9-11-30(12-10-29)36(33,34)19-6-1-2-8-27-19/h1-6,8,14-15H,7,9-13H2. The molecule has 1 saturated heterocycles. The van der Waals surface area contributed by atoms with E-state index in [0.717, 1.165) is 4.68 Å². The van der Waals surface area contributed by atoms with Crippen LogP contribution in [0.25, 0.3) is 5.69 Å². The minimum Gasteiger partial charge on any atom is -0.486 e. The normalized spacial score (nSPS) is 15.2. The smallest absolute Gasteiger partial charge is 0.392 e. The number of rotatable bonds is 7. The zero-order valence-corrected chi connectivity index (χ0v) is 20.3. The molecule has 0 unspecified atom stereocenters. The number of alkyl halides is 3. The number of ether oxygens (including phenoxy) is 1. The Kier molecular flexibility index (Phi) is 7.52. The number of anilines is 1. The van der Waals surface area contributed by atoms with Crippen molar-refractivity contribution in [2.75, 3.05) is 37.7 Å². The first-order chi connectivity index (χ1) is 17.1. The lowest BCUT2D eigenvalue weighted by Crippen LogP contribution is -2.49. The summed E-state index contributed by atoms with van der Waals surface area (Å²) in [6, 6.07) is 10.8. The van der Waals surface area contributed by atoms with E-state index in [1.54, 1.807) is 35.2 Å². The maximum Gasteiger partial charge on any atom is 0.392 e. The Balaban J connectivity index is 1.61. The second kappa shape index (κ2) is 10.4. The molecule has 14 heteroatoms. The SMILES string of the molecule is O=c1c(OCCC(F)(F)F)c(N2CCN(S(=O)(=O)c3ccccn3)CC2)cnn1-c1cccc(Cl)c1. The van der Waals surface area contributed by atoms with E-state index in [0.29, 0.717) is 10.7 Å². The molecule has 3 aromatic rings. The summed E-state index contributed by atoms with van der Waals surface area (Å²) in [5.41, 5.74) is -0.276. The number of nitrogens with zero attached hydrogens (tertiary/aromatic N) is 5. The molecule has 0 spiro atoms. The predicted octanol–water partition coefficient (Wildman–Crippen LogP) is 3.12. The highest BCUT2D eigenvalue weighted by Crippen LogP contribution is 2.28. The van der Waals surface area contributed by atoms with Crippen molar-refractivity contribution in [1.82, 2.24) is 19.1 Å². The van der Waals surface area contributed by atoms with E-state index < -0.39 is 34.8 Å². The van der Waals surface area contributed by atoms with Gasteiger partial charge in [-0.2, -0.15) is 27.3 Å². The Bertz CT molecular complexity index is 1380. The number of hydrogen-bond donors (Lipinski definition) is 0. The van der Waals surface area contributed by atoms with Gasteiger partial charge in [0.1, 0.15) is 5.69 Å². The van der Waals surface area contributed by atoms with Gasteiger partial charge in [-0.05, 0) is 30.3 Å². The van der Waals surface area contributed by atoms with E-state index in [4.69, 9.17) is 16.3 Å². The van der Waals surface area contributed by atoms with E-state index in [1.807, 2.05) is 0 Å². The Morgan fingerprint density at radius 3 is 2.44 bits per heavy atom. The molecular weight excluding hydrogens is 523 g/mol. The Labute approximate surface area is 209 Å². The van der Waals surface area contributed by atoms with E-state index >= 15 is 0 Å². The fraction of sp³-hybridized carbons (Fsp3) is 0.318. The Hall–Kier alpha value is -3.16. The molecule has 1 aromatic carbocycles. The molecule has 4 rings (SSSR count). The van der Waals surface area contributed by atoms with Crippen LogP contribution in [0.3, 0.4) is 0 Å². The van der Waals surface area contributed by atoms with Gasteiger partial charge in [0.05, 0.1) is 24.9 Å². The number of hydrogen-bond acceptors (Lipinski definition) is 7. The van der Waals surface area contributed by atoms with Crippen LogP contribution < -0.4 is 15.2 Å². The Morgan fingerprint density at radius 1 is 1.06 bits per heavy atom. The molecule has 1 aliphatic heterocycles. The molecule has 9 nitrogen and oxygen atoms in total. The zero-order chi connectivity index (χ0) is 25.9. The molecule has 0 N–H and O–H groups in total. The van der Waals surface area contributed by atoms with Gasteiger partial charge in [0.15, 0.2) is 5.03 Å². The summed E-state index contributed by atoms with van der Waals surface area (Å²) < 4.78 is 71.5. The molecule has 0 amide bonds. The average molecular weight is 544 g/mol. The highest BCUT2D eigenvalue weighted by molar-refractivity contribution is 7.89. The number of pyridine rings is 1. The molecule has 2 aromatic heterocycles. The minimum atomic E-state index is -4.47. The third kappa shape index (κ3) is 5.79. The van der Waals surface area contributed by atoms with Gasteiger partial charge in [0.2, 0.25) is 5.75 Å². The lowest BCUT2D eigenvalue weighted by atomic mass is 10.3. The molecular formula is C22H21ClF3N5O4S. The highest BCUT2D eigenvalue weighted by atomic mass is 35.5. The van der Waals surface area contributed by atoms with Crippen molar-refractivity contribution in [1.29, 1.82) is 0 Å². The summed E-state index contributed by atoms with van der Waals surface area (Å²) in [4.78, 5) is 18.8. The molecule has 3 heterocycles. The number of aromatic nitrogens is 3. The van der Waals surface area contributed by atoms with Gasteiger partial charge >= 0.3 is 11.7 Å². The van der Waals surface area contributed by atoms with E-state index in [9.17, 15) is 26.4 Å². The van der Waals surface area contributed by atoms with Gasteiger partial charge in [0, 0.05) is 37.4 Å². The lowest BCUT2D eigenvalue weighted by Gasteiger charge is -2.35. The predicted molar refractivity (Wildman–Crippen MR) is 126 cm³/mol. The maximum absolute atomic E-state index is 13.2. The zero-order valence-electron chi connectivity index (χ0n) is 18.7. The number of piperazine rings is 1. The summed E-state index contributed by atoms with van der Waals surface area (Å²) in [6.07, 6.45) is -3.02. The number of benzene rings is 1. The summed E-state index contributed by atoms with van der Waals surface area (Å²) in [5.74, 6) is -0.310. The highest BCUT2D eigenvalue weighted by Gasteiger charge is 2.32. The number of halogens is 4. The van der Waals surface area contributed by atoms with Crippen LogP contribution >= 0.6 is 11.6 Å². The molecule has 0 saturated carbocycles. The summed E-state index contributed by atoms with van der Waals surface area (Å²) in [6.45, 7) is -0.316. The molecule has 0 aliphatic carbocycles. The van der Waals surface area contributed by atoms with Crippen LogP contribution in [0.4, 0.5) is 18.9 Å². The van der Waals surface area contributed by atoms with Crippen molar-refractivity contribution in [3.63, 3.8) is 0 Å². The quantitative estimate of drug-likeness (QED) is 0.451. The van der Waals surface area contributed by atoms with Crippen LogP contribution in [0.5, 0.6) is 5.75 Å². The fourth-order valence-electron chi connectivity index (χ4n) is 3.65. The maximum atomic E-state index is 13.2. The van der Waals surface area contributed by atoms with Crippen LogP contribution in [0.2, 0.25) is 5.02 Å². The van der Waals surface area contributed by atoms with Crippen LogP contribution in [0.15, 0.2) is 64.7 Å². The third-order valence-electron chi connectivity index (χ3n) is 5.42. The minimum absolute atomic E-state index is 0.0677. The number of sulfonamides is 1. The van der Waals surface area contributed by atoms with E-state index in [2.05, 4.69) is 10.1 Å². The van der Waals surface area contributed by atoms with Crippen LogP contribution in [0.1, 0.15) is 6.42 Å². The summed E-state index contributed by atoms with van der Waals surface area (Å²) >= 11 is 6.00. The third-order valence-corrected chi connectivity index (χ3v) is 7.47. The van der Waals surface area contributed by atoms with Gasteiger partial charge in [-0.3, -0.25) is 4.79 Å². The van der Waals surface area contributed by atoms with Gasteiger partial charge < -0.3 is 9.64 Å². The van der Waals surface area contributed by atoms with Gasteiger partial charge in [0.25, 0.3) is 10.0 Å². The molecule has 1 fully saturated rings. The second-order valence-corrected chi connectivity index (χ2v) is 10.1. The van der Waals surface area contributed by atoms with Crippen LogP contribution in [-0.2, 0) is 10.0 Å². The first-order valence-corrected chi connectivity index (χ1v) is 12.6. The topological polar surface area (TPSA) is 97.6 Å². The monoisotopic (exact) mass is 543 g/mol. The molecule has 0 bridgehead atoms. The first-order valence-electron chi connectivity index (χ1n) is 10.8. The van der Waals surface area contributed by atoms with Crippen molar-refractivity contribution < 1.29 is 26.3 Å². The van der Waals surface area contributed by atoms with Crippen molar-refractivity contribution >= 4 is 27.3 Å². The Morgan fingerprint density at radius 2 is 1.81 bits per heavy atom. The van der Waals surface area contributed by atoms with Crippen molar-refractivity contribution in [2.24, 2.45) is 0 Å². The first kappa shape index (κ1) is 25.9. The average Bonchev–Trinajstić information content (AvgIpc) is 2.85. The van der Waals surface area contributed by atoms with Gasteiger partial charge in [-0.25, -0.2) is 13.4 Å². The van der Waals surface area contributed by atoms with Gasteiger partial charge in [-0.1, -0.05) is 23.7 Å². The molecule has 192 valence electrons. The fourth-order valence-corrected chi connectivity index (χ4v) is 5.19. The summed E-state index contributed by atoms with van der Waals surface area (Å²) in [5, 5.41) is 4.42. The van der Waals surface area contributed by atoms with E-state index in [-0.39, 0.29) is 42.6 Å². The summed E-state index contributed by atoms with van der Waals surface area (Å²) in [7, 11) is -3.82. The molecule has 0 atom stereocenters. The van der Waals surface area contributed by atoms with E-state index in [1.165, 1.54) is 28.8 Å². The van der Waals surface area contributed by atoms with Crippen LogP contribution in [-0.4, -0.2) is 66.4 Å². The van der Waals surface area contributed by atoms with Crippen molar-refractivity contribution in [3.8, 4) is 11.4 Å². The molecule has 1 aliphatic rings. The second-order valence-electron chi connectivity index (χ2n) is 7.83. The van der Waals surface area contributed by atoms with Gasteiger partial charge in [-0.15, -0.1) is 0 Å².